The SMILES string of the molecule is N#Cc1ccc(-c2nc3nc(-c4ccccc4)cc(C(F)(F)F)c3c3nnnn23)cc1. The van der Waals surface area contributed by atoms with Crippen LogP contribution in [-0.2, 0) is 6.18 Å². The van der Waals surface area contributed by atoms with Gasteiger partial charge < -0.3 is 0 Å². The van der Waals surface area contributed by atoms with Crippen molar-refractivity contribution >= 4 is 16.7 Å². The van der Waals surface area contributed by atoms with Crippen molar-refractivity contribution in [1.29, 1.82) is 5.26 Å². The Kier molecular flexibility index (Phi) is 4.11. The highest BCUT2D eigenvalue weighted by atomic mass is 19.4. The summed E-state index contributed by atoms with van der Waals surface area (Å²) >= 11 is 0. The number of hydrogen-bond acceptors (Lipinski definition) is 6. The maximum Gasteiger partial charge on any atom is 0.417 e. The summed E-state index contributed by atoms with van der Waals surface area (Å²) in [5.74, 6) is 0.211. The van der Waals surface area contributed by atoms with E-state index in [-0.39, 0.29) is 28.2 Å². The van der Waals surface area contributed by atoms with Crippen molar-refractivity contribution in [3.05, 3.63) is 71.8 Å². The van der Waals surface area contributed by atoms with E-state index < -0.39 is 11.7 Å². The summed E-state index contributed by atoms with van der Waals surface area (Å²) in [6, 6.07) is 17.9. The van der Waals surface area contributed by atoms with Crippen molar-refractivity contribution in [2.75, 3.05) is 0 Å². The Morgan fingerprint density at radius 1 is 0.903 bits per heavy atom. The Labute approximate surface area is 172 Å². The van der Waals surface area contributed by atoms with E-state index in [2.05, 4.69) is 25.5 Å². The van der Waals surface area contributed by atoms with E-state index in [0.717, 1.165) is 10.6 Å². The van der Waals surface area contributed by atoms with Crippen LogP contribution in [0.25, 0.3) is 39.3 Å². The van der Waals surface area contributed by atoms with Crippen molar-refractivity contribution in [3.63, 3.8) is 0 Å². The van der Waals surface area contributed by atoms with Gasteiger partial charge in [0.1, 0.15) is 0 Å². The molecule has 10 heteroatoms. The molecule has 0 saturated carbocycles. The number of tetrazole rings is 1. The first-order chi connectivity index (χ1) is 15.0. The highest BCUT2D eigenvalue weighted by Crippen LogP contribution is 2.38. The van der Waals surface area contributed by atoms with Gasteiger partial charge in [-0.3, -0.25) is 0 Å². The Morgan fingerprint density at radius 3 is 2.32 bits per heavy atom. The number of nitrogens with zero attached hydrogens (tertiary/aromatic N) is 7. The van der Waals surface area contributed by atoms with E-state index in [0.29, 0.717) is 16.7 Å². The average Bonchev–Trinajstić information content (AvgIpc) is 3.28. The van der Waals surface area contributed by atoms with Gasteiger partial charge >= 0.3 is 6.18 Å². The normalized spacial score (nSPS) is 11.7. The van der Waals surface area contributed by atoms with Gasteiger partial charge in [-0.15, -0.1) is 5.10 Å². The first kappa shape index (κ1) is 18.6. The molecule has 0 bridgehead atoms. The average molecular weight is 417 g/mol. The number of halogens is 3. The quantitative estimate of drug-likeness (QED) is 0.425. The number of aromatic nitrogens is 6. The minimum atomic E-state index is -4.67. The predicted molar refractivity (Wildman–Crippen MR) is 104 cm³/mol. The number of hydrogen-bond donors (Lipinski definition) is 0. The Balaban J connectivity index is 1.87. The number of benzene rings is 2. The van der Waals surface area contributed by atoms with E-state index >= 15 is 0 Å². The summed E-state index contributed by atoms with van der Waals surface area (Å²) in [5.41, 5.74) is 0.459. The molecule has 0 aliphatic rings. The fourth-order valence-electron chi connectivity index (χ4n) is 3.33. The Bertz CT molecular complexity index is 1470. The molecule has 0 radical (unpaired) electrons. The van der Waals surface area contributed by atoms with E-state index in [9.17, 15) is 13.2 Å². The summed E-state index contributed by atoms with van der Waals surface area (Å²) in [6.45, 7) is 0. The van der Waals surface area contributed by atoms with Crippen LogP contribution in [-0.4, -0.2) is 30.0 Å². The number of fused-ring (bicyclic) bond motifs is 3. The van der Waals surface area contributed by atoms with Crippen LogP contribution in [0.5, 0.6) is 0 Å². The standard InChI is InChI=1S/C21H10F3N7/c22-21(23,24)15-10-16(13-4-2-1-3-5-13)26-18-17(15)20-28-29-30-31(20)19(27-18)14-8-6-12(11-25)7-9-14/h1-10H. The van der Waals surface area contributed by atoms with Crippen LogP contribution in [0.15, 0.2) is 60.7 Å². The number of alkyl halides is 3. The van der Waals surface area contributed by atoms with Gasteiger partial charge in [-0.1, -0.05) is 30.3 Å². The molecule has 3 heterocycles. The number of nitriles is 1. The maximum absolute atomic E-state index is 14.0. The van der Waals surface area contributed by atoms with Gasteiger partial charge in [-0.25, -0.2) is 9.97 Å². The second-order valence-corrected chi connectivity index (χ2v) is 6.66. The zero-order valence-electron chi connectivity index (χ0n) is 15.5. The molecule has 2 aromatic carbocycles. The van der Waals surface area contributed by atoms with E-state index in [1.165, 1.54) is 0 Å². The molecule has 3 aromatic heterocycles. The van der Waals surface area contributed by atoms with Crippen molar-refractivity contribution < 1.29 is 13.2 Å². The van der Waals surface area contributed by atoms with Gasteiger partial charge in [0.2, 0.25) is 0 Å². The summed E-state index contributed by atoms with van der Waals surface area (Å²) in [5, 5.41) is 19.9. The first-order valence-corrected chi connectivity index (χ1v) is 9.02. The summed E-state index contributed by atoms with van der Waals surface area (Å²) < 4.78 is 43.1. The highest BCUT2D eigenvalue weighted by Gasteiger charge is 2.36. The summed E-state index contributed by atoms with van der Waals surface area (Å²) in [6.07, 6.45) is -4.67. The third-order valence-electron chi connectivity index (χ3n) is 4.75. The lowest BCUT2D eigenvalue weighted by Gasteiger charge is -2.14. The highest BCUT2D eigenvalue weighted by molar-refractivity contribution is 5.95. The molecule has 0 saturated heterocycles. The molecule has 5 aromatic rings. The smallest absolute Gasteiger partial charge is 0.228 e. The van der Waals surface area contributed by atoms with E-state index in [1.54, 1.807) is 54.6 Å². The fraction of sp³-hybridized carbons (Fsp3) is 0.0476. The van der Waals surface area contributed by atoms with Crippen molar-refractivity contribution in [2.24, 2.45) is 0 Å². The molecule has 0 amide bonds. The third kappa shape index (κ3) is 3.12. The lowest BCUT2D eigenvalue weighted by atomic mass is 10.1. The van der Waals surface area contributed by atoms with Gasteiger partial charge in [0.25, 0.3) is 0 Å². The number of rotatable bonds is 2. The van der Waals surface area contributed by atoms with Gasteiger partial charge in [0.15, 0.2) is 17.1 Å². The van der Waals surface area contributed by atoms with Crippen LogP contribution in [0.1, 0.15) is 11.1 Å². The zero-order chi connectivity index (χ0) is 21.6. The fourth-order valence-corrected chi connectivity index (χ4v) is 3.33. The van der Waals surface area contributed by atoms with Gasteiger partial charge in [0.05, 0.1) is 28.3 Å². The molecule has 0 aliphatic carbocycles. The summed E-state index contributed by atoms with van der Waals surface area (Å²) in [4.78, 5) is 8.79. The molecule has 0 N–H and O–H groups in total. The maximum atomic E-state index is 14.0. The molecule has 0 aliphatic heterocycles. The van der Waals surface area contributed by atoms with E-state index in [4.69, 9.17) is 5.26 Å². The topological polar surface area (TPSA) is 92.6 Å². The predicted octanol–water partition coefficient (Wildman–Crippen LogP) is 4.29. The van der Waals surface area contributed by atoms with Crippen LogP contribution in [0.3, 0.4) is 0 Å². The first-order valence-electron chi connectivity index (χ1n) is 9.02. The van der Waals surface area contributed by atoms with Crippen LogP contribution in [0.2, 0.25) is 0 Å². The molecule has 0 fully saturated rings. The van der Waals surface area contributed by atoms with Gasteiger partial charge in [0, 0.05) is 11.1 Å². The van der Waals surface area contributed by atoms with Crippen LogP contribution in [0.4, 0.5) is 13.2 Å². The third-order valence-corrected chi connectivity index (χ3v) is 4.75. The van der Waals surface area contributed by atoms with Crippen molar-refractivity contribution in [3.8, 4) is 28.7 Å². The number of pyridine rings is 1. The lowest BCUT2D eigenvalue weighted by molar-refractivity contribution is -0.136. The van der Waals surface area contributed by atoms with Crippen LogP contribution < -0.4 is 0 Å². The Morgan fingerprint density at radius 2 is 1.65 bits per heavy atom. The molecule has 150 valence electrons. The minimum Gasteiger partial charge on any atom is -0.228 e. The van der Waals surface area contributed by atoms with Gasteiger partial charge in [-0.2, -0.15) is 22.9 Å². The summed E-state index contributed by atoms with van der Waals surface area (Å²) in [7, 11) is 0. The van der Waals surface area contributed by atoms with E-state index in [1.807, 2.05) is 6.07 Å². The largest absolute Gasteiger partial charge is 0.417 e. The molecule has 7 nitrogen and oxygen atoms in total. The molecular weight excluding hydrogens is 407 g/mol. The molecule has 0 unspecified atom stereocenters. The molecular formula is C21H10F3N7. The molecule has 5 rings (SSSR count). The van der Waals surface area contributed by atoms with Crippen LogP contribution >= 0.6 is 0 Å². The van der Waals surface area contributed by atoms with Crippen molar-refractivity contribution in [1.82, 2.24) is 30.0 Å². The minimum absolute atomic E-state index is 0.108. The monoisotopic (exact) mass is 417 g/mol. The second-order valence-electron chi connectivity index (χ2n) is 6.66. The molecule has 0 spiro atoms. The van der Waals surface area contributed by atoms with Crippen LogP contribution in [0, 0.1) is 11.3 Å². The molecule has 31 heavy (non-hydrogen) atoms. The second kappa shape index (κ2) is 6.84. The van der Waals surface area contributed by atoms with Crippen molar-refractivity contribution in [2.45, 2.75) is 6.18 Å². The zero-order valence-corrected chi connectivity index (χ0v) is 15.5. The molecule has 0 atom stereocenters. The Hall–Kier alpha value is -4.39. The lowest BCUT2D eigenvalue weighted by Crippen LogP contribution is -2.10. The van der Waals surface area contributed by atoms with Gasteiger partial charge in [-0.05, 0) is 40.8 Å².